The van der Waals surface area contributed by atoms with E-state index in [-0.39, 0.29) is 11.8 Å². The molecule has 4 aromatic rings. The van der Waals surface area contributed by atoms with Crippen molar-refractivity contribution in [2.75, 3.05) is 19.0 Å². The van der Waals surface area contributed by atoms with Gasteiger partial charge < -0.3 is 15.5 Å². The first kappa shape index (κ1) is 23.7. The van der Waals surface area contributed by atoms with Crippen molar-refractivity contribution in [2.45, 2.75) is 13.1 Å². The molecular formula is C29H28N4O2. The van der Waals surface area contributed by atoms with Crippen LogP contribution in [0.15, 0.2) is 97.3 Å². The Morgan fingerprint density at radius 1 is 0.686 bits per heavy atom. The Hall–Kier alpha value is -4.45. The van der Waals surface area contributed by atoms with E-state index >= 15 is 0 Å². The standard InChI is InChI=1S/C29H28N4O2/c1-33(2)27-8-4-6-22(18-27)20-32-29(35)26-7-3-5-21(17-26)19-31-28(34)25-11-9-23(10-12-25)24-13-15-30-16-14-24/h3-18H,19-20H2,1-2H3,(H,31,34)(H,32,35). The normalized spacial score (nSPS) is 10.5. The number of anilines is 1. The molecule has 176 valence electrons. The maximum Gasteiger partial charge on any atom is 0.251 e. The summed E-state index contributed by atoms with van der Waals surface area (Å²) in [6.07, 6.45) is 3.49. The molecule has 0 saturated carbocycles. The summed E-state index contributed by atoms with van der Waals surface area (Å²) in [5.41, 5.74) is 6.18. The van der Waals surface area contributed by atoms with Gasteiger partial charge in [0.05, 0.1) is 0 Å². The molecular weight excluding hydrogens is 436 g/mol. The Morgan fingerprint density at radius 3 is 1.91 bits per heavy atom. The summed E-state index contributed by atoms with van der Waals surface area (Å²) >= 11 is 0. The van der Waals surface area contributed by atoms with Crippen molar-refractivity contribution in [3.63, 3.8) is 0 Å². The zero-order valence-corrected chi connectivity index (χ0v) is 19.9. The minimum Gasteiger partial charge on any atom is -0.378 e. The van der Waals surface area contributed by atoms with E-state index in [0.717, 1.165) is 27.9 Å². The number of nitrogens with one attached hydrogen (secondary N) is 2. The SMILES string of the molecule is CN(C)c1cccc(CNC(=O)c2cccc(CNC(=O)c3ccc(-c4ccncc4)cc3)c2)c1. The highest BCUT2D eigenvalue weighted by atomic mass is 16.2. The Kier molecular flexibility index (Phi) is 7.53. The maximum absolute atomic E-state index is 12.7. The van der Waals surface area contributed by atoms with Crippen LogP contribution in [0.1, 0.15) is 31.8 Å². The minimum atomic E-state index is -0.165. The summed E-state index contributed by atoms with van der Waals surface area (Å²) in [4.78, 5) is 31.4. The third-order valence-electron chi connectivity index (χ3n) is 5.68. The van der Waals surface area contributed by atoms with Gasteiger partial charge in [-0.3, -0.25) is 14.6 Å². The Morgan fingerprint density at radius 2 is 1.26 bits per heavy atom. The molecule has 0 spiro atoms. The van der Waals surface area contributed by atoms with Crippen LogP contribution in [0.3, 0.4) is 0 Å². The van der Waals surface area contributed by atoms with Gasteiger partial charge in [-0.25, -0.2) is 0 Å². The van der Waals surface area contributed by atoms with Gasteiger partial charge in [0.25, 0.3) is 11.8 Å². The molecule has 6 heteroatoms. The summed E-state index contributed by atoms with van der Waals surface area (Å²) < 4.78 is 0. The van der Waals surface area contributed by atoms with Crippen LogP contribution in [0.25, 0.3) is 11.1 Å². The number of carbonyl (C=O) groups excluding carboxylic acids is 2. The number of amides is 2. The monoisotopic (exact) mass is 464 g/mol. The van der Waals surface area contributed by atoms with Gasteiger partial charge in [-0.1, -0.05) is 36.4 Å². The largest absolute Gasteiger partial charge is 0.378 e. The fourth-order valence-electron chi connectivity index (χ4n) is 3.69. The Balaban J connectivity index is 1.33. The molecule has 0 aliphatic heterocycles. The van der Waals surface area contributed by atoms with Crippen LogP contribution in [-0.4, -0.2) is 30.9 Å². The average molecular weight is 465 g/mol. The van der Waals surface area contributed by atoms with Gasteiger partial charge >= 0.3 is 0 Å². The van der Waals surface area contributed by atoms with Crippen LogP contribution in [0.4, 0.5) is 5.69 Å². The molecule has 1 aromatic heterocycles. The van der Waals surface area contributed by atoms with E-state index in [1.54, 1.807) is 36.7 Å². The molecule has 0 bridgehead atoms. The number of pyridine rings is 1. The average Bonchev–Trinajstić information content (AvgIpc) is 2.91. The van der Waals surface area contributed by atoms with Crippen LogP contribution in [-0.2, 0) is 13.1 Å². The number of carbonyl (C=O) groups is 2. The van der Waals surface area contributed by atoms with Gasteiger partial charge in [0, 0.05) is 56.4 Å². The lowest BCUT2D eigenvalue weighted by molar-refractivity contribution is 0.0945. The third kappa shape index (κ3) is 6.32. The fraction of sp³-hybridized carbons (Fsp3) is 0.138. The quantitative estimate of drug-likeness (QED) is 0.397. The lowest BCUT2D eigenvalue weighted by Gasteiger charge is -2.14. The second-order valence-corrected chi connectivity index (χ2v) is 8.44. The fourth-order valence-corrected chi connectivity index (χ4v) is 3.69. The van der Waals surface area contributed by atoms with Crippen molar-refractivity contribution < 1.29 is 9.59 Å². The van der Waals surface area contributed by atoms with Crippen molar-refractivity contribution in [1.82, 2.24) is 15.6 Å². The Labute approximate surface area is 205 Å². The highest BCUT2D eigenvalue weighted by Crippen LogP contribution is 2.19. The molecule has 35 heavy (non-hydrogen) atoms. The van der Waals surface area contributed by atoms with Gasteiger partial charge in [0.2, 0.25) is 0 Å². The molecule has 3 aromatic carbocycles. The smallest absolute Gasteiger partial charge is 0.251 e. The molecule has 0 aliphatic carbocycles. The zero-order valence-electron chi connectivity index (χ0n) is 19.9. The van der Waals surface area contributed by atoms with Crippen molar-refractivity contribution in [3.05, 3.63) is 120 Å². The minimum absolute atomic E-state index is 0.153. The van der Waals surface area contributed by atoms with Gasteiger partial charge in [-0.15, -0.1) is 0 Å². The zero-order chi connectivity index (χ0) is 24.6. The maximum atomic E-state index is 12.7. The van der Waals surface area contributed by atoms with Crippen LogP contribution in [0.2, 0.25) is 0 Å². The molecule has 0 saturated heterocycles. The van der Waals surface area contributed by atoms with Crippen LogP contribution in [0.5, 0.6) is 0 Å². The Bertz CT molecular complexity index is 1300. The molecule has 0 atom stereocenters. The lowest BCUT2D eigenvalue weighted by Crippen LogP contribution is -2.24. The predicted octanol–water partition coefficient (Wildman–Crippen LogP) is 4.67. The van der Waals surface area contributed by atoms with Crippen molar-refractivity contribution in [2.24, 2.45) is 0 Å². The molecule has 0 fully saturated rings. The second kappa shape index (κ2) is 11.1. The number of hydrogen-bond donors (Lipinski definition) is 2. The van der Waals surface area contributed by atoms with Crippen molar-refractivity contribution in [1.29, 1.82) is 0 Å². The van der Waals surface area contributed by atoms with Crippen LogP contribution in [0, 0.1) is 0 Å². The summed E-state index contributed by atoms with van der Waals surface area (Å²) in [5, 5.41) is 5.90. The number of benzene rings is 3. The molecule has 2 amide bonds. The molecule has 6 nitrogen and oxygen atoms in total. The van der Waals surface area contributed by atoms with E-state index < -0.39 is 0 Å². The van der Waals surface area contributed by atoms with E-state index in [9.17, 15) is 9.59 Å². The van der Waals surface area contributed by atoms with E-state index in [0.29, 0.717) is 24.2 Å². The summed E-state index contributed by atoms with van der Waals surface area (Å²) in [6, 6.07) is 26.7. The highest BCUT2D eigenvalue weighted by Gasteiger charge is 2.09. The number of nitrogens with zero attached hydrogens (tertiary/aromatic N) is 2. The van der Waals surface area contributed by atoms with Crippen LogP contribution < -0.4 is 15.5 Å². The lowest BCUT2D eigenvalue weighted by atomic mass is 10.0. The number of rotatable bonds is 8. The van der Waals surface area contributed by atoms with Crippen molar-refractivity contribution in [3.8, 4) is 11.1 Å². The molecule has 2 N–H and O–H groups in total. The van der Waals surface area contributed by atoms with Gasteiger partial charge in [0.1, 0.15) is 0 Å². The molecule has 0 aliphatic rings. The highest BCUT2D eigenvalue weighted by molar-refractivity contribution is 5.95. The van der Waals surface area contributed by atoms with Crippen LogP contribution >= 0.6 is 0 Å². The van der Waals surface area contributed by atoms with E-state index in [1.807, 2.05) is 73.6 Å². The third-order valence-corrected chi connectivity index (χ3v) is 5.68. The van der Waals surface area contributed by atoms with Gasteiger partial charge in [0.15, 0.2) is 0 Å². The number of aromatic nitrogens is 1. The topological polar surface area (TPSA) is 74.3 Å². The van der Waals surface area contributed by atoms with Crippen molar-refractivity contribution >= 4 is 17.5 Å². The first-order valence-electron chi connectivity index (χ1n) is 11.4. The molecule has 0 radical (unpaired) electrons. The second-order valence-electron chi connectivity index (χ2n) is 8.44. The van der Waals surface area contributed by atoms with E-state index in [4.69, 9.17) is 0 Å². The van der Waals surface area contributed by atoms with Gasteiger partial charge in [-0.2, -0.15) is 0 Å². The van der Waals surface area contributed by atoms with Gasteiger partial charge in [-0.05, 0) is 70.8 Å². The molecule has 1 heterocycles. The van der Waals surface area contributed by atoms with E-state index in [2.05, 4.69) is 21.7 Å². The molecule has 4 rings (SSSR count). The van der Waals surface area contributed by atoms with E-state index in [1.165, 1.54) is 0 Å². The summed E-state index contributed by atoms with van der Waals surface area (Å²) in [7, 11) is 3.97. The molecule has 0 unspecified atom stereocenters. The number of hydrogen-bond acceptors (Lipinski definition) is 4. The predicted molar refractivity (Wildman–Crippen MR) is 139 cm³/mol. The first-order valence-corrected chi connectivity index (χ1v) is 11.4. The summed E-state index contributed by atoms with van der Waals surface area (Å²) in [6.45, 7) is 0.772. The summed E-state index contributed by atoms with van der Waals surface area (Å²) in [5.74, 6) is -0.318. The first-order chi connectivity index (χ1) is 17.0.